The molecule has 0 atom stereocenters. The van der Waals surface area contributed by atoms with E-state index in [-0.39, 0.29) is 0 Å². The third-order valence-corrected chi connectivity index (χ3v) is 3.58. The average Bonchev–Trinajstić information content (AvgIpc) is 2.46. The van der Waals surface area contributed by atoms with Crippen LogP contribution in [0, 0.1) is 6.92 Å². The maximum Gasteiger partial charge on any atom is 0.416 e. The first-order valence-electron chi connectivity index (χ1n) is 6.35. The summed E-state index contributed by atoms with van der Waals surface area (Å²) in [6.45, 7) is 1.87. The van der Waals surface area contributed by atoms with Crippen LogP contribution in [0.15, 0.2) is 36.4 Å². The molecular formula is C16H12F3NO. The third-order valence-electron chi connectivity index (χ3n) is 3.58. The maximum absolute atomic E-state index is 12.8. The second-order valence-corrected chi connectivity index (χ2v) is 4.85. The second kappa shape index (κ2) is 4.62. The van der Waals surface area contributed by atoms with Gasteiger partial charge < -0.3 is 4.74 Å². The predicted molar refractivity (Wildman–Crippen MR) is 75.5 cm³/mol. The number of pyridine rings is 1. The largest absolute Gasteiger partial charge is 0.497 e. The summed E-state index contributed by atoms with van der Waals surface area (Å²) < 4.78 is 43.5. The van der Waals surface area contributed by atoms with Gasteiger partial charge in [-0.05, 0) is 42.8 Å². The van der Waals surface area contributed by atoms with Gasteiger partial charge in [-0.25, -0.2) is 4.98 Å². The summed E-state index contributed by atoms with van der Waals surface area (Å²) >= 11 is 0. The van der Waals surface area contributed by atoms with Crippen molar-refractivity contribution in [2.45, 2.75) is 13.1 Å². The number of rotatable bonds is 1. The number of hydrogen-bond donors (Lipinski definition) is 0. The van der Waals surface area contributed by atoms with Crippen LogP contribution in [0.5, 0.6) is 5.75 Å². The van der Waals surface area contributed by atoms with Crippen LogP contribution in [0.1, 0.15) is 11.1 Å². The molecule has 5 heteroatoms. The van der Waals surface area contributed by atoms with Crippen LogP contribution in [-0.4, -0.2) is 12.1 Å². The predicted octanol–water partition coefficient (Wildman–Crippen LogP) is 4.72. The molecule has 21 heavy (non-hydrogen) atoms. The van der Waals surface area contributed by atoms with Crippen molar-refractivity contribution < 1.29 is 17.9 Å². The van der Waals surface area contributed by atoms with Crippen molar-refractivity contribution in [1.29, 1.82) is 0 Å². The van der Waals surface area contributed by atoms with Crippen molar-refractivity contribution in [1.82, 2.24) is 4.98 Å². The summed E-state index contributed by atoms with van der Waals surface area (Å²) in [5, 5.41) is 1.59. The van der Waals surface area contributed by atoms with E-state index in [0.717, 1.165) is 23.1 Å². The van der Waals surface area contributed by atoms with Gasteiger partial charge >= 0.3 is 6.18 Å². The van der Waals surface area contributed by atoms with E-state index in [1.165, 1.54) is 6.07 Å². The lowest BCUT2D eigenvalue weighted by molar-refractivity contribution is -0.137. The second-order valence-electron chi connectivity index (χ2n) is 4.85. The van der Waals surface area contributed by atoms with E-state index in [1.807, 2.05) is 13.0 Å². The molecule has 0 saturated heterocycles. The van der Waals surface area contributed by atoms with E-state index in [1.54, 1.807) is 19.2 Å². The van der Waals surface area contributed by atoms with Gasteiger partial charge in [0.05, 0.1) is 23.7 Å². The maximum atomic E-state index is 12.8. The first-order valence-corrected chi connectivity index (χ1v) is 6.35. The summed E-state index contributed by atoms with van der Waals surface area (Å²) in [6, 6.07) is 8.98. The van der Waals surface area contributed by atoms with Gasteiger partial charge in [-0.15, -0.1) is 0 Å². The van der Waals surface area contributed by atoms with Gasteiger partial charge in [0.1, 0.15) is 5.75 Å². The molecular weight excluding hydrogens is 279 g/mol. The fourth-order valence-electron chi connectivity index (χ4n) is 2.43. The lowest BCUT2D eigenvalue weighted by Gasteiger charge is -2.11. The highest BCUT2D eigenvalue weighted by Gasteiger charge is 2.30. The third kappa shape index (κ3) is 2.28. The van der Waals surface area contributed by atoms with E-state index in [2.05, 4.69) is 4.98 Å². The minimum Gasteiger partial charge on any atom is -0.497 e. The number of fused-ring (bicyclic) bond motifs is 2. The molecule has 0 bridgehead atoms. The normalized spacial score (nSPS) is 12.0. The van der Waals surface area contributed by atoms with Gasteiger partial charge in [-0.2, -0.15) is 13.2 Å². The Balaban J connectivity index is 2.33. The van der Waals surface area contributed by atoms with Crippen LogP contribution < -0.4 is 4.74 Å². The Kier molecular flexibility index (Phi) is 3.01. The van der Waals surface area contributed by atoms with Crippen LogP contribution in [0.3, 0.4) is 0 Å². The van der Waals surface area contributed by atoms with Crippen molar-refractivity contribution in [3.63, 3.8) is 0 Å². The zero-order chi connectivity index (χ0) is 15.2. The standard InChI is InChI=1S/C16H12F3NO/c1-9-12-5-3-10(16(17,18)19)7-15(12)20-14-6-4-11(21-2)8-13(9)14/h3-8H,1-2H3. The lowest BCUT2D eigenvalue weighted by atomic mass is 10.0. The Hall–Kier alpha value is -2.30. The number of hydrogen-bond acceptors (Lipinski definition) is 2. The number of methoxy groups -OCH3 is 1. The lowest BCUT2D eigenvalue weighted by Crippen LogP contribution is -2.04. The molecule has 0 fully saturated rings. The van der Waals surface area contributed by atoms with Crippen molar-refractivity contribution in [3.8, 4) is 5.75 Å². The summed E-state index contributed by atoms with van der Waals surface area (Å²) in [7, 11) is 1.57. The van der Waals surface area contributed by atoms with Crippen LogP contribution in [0.25, 0.3) is 21.8 Å². The van der Waals surface area contributed by atoms with Crippen molar-refractivity contribution in [3.05, 3.63) is 47.5 Å². The van der Waals surface area contributed by atoms with E-state index in [4.69, 9.17) is 4.74 Å². The minimum atomic E-state index is -4.36. The molecule has 0 aliphatic rings. The van der Waals surface area contributed by atoms with Gasteiger partial charge in [-0.1, -0.05) is 6.07 Å². The number of aromatic nitrogens is 1. The Bertz CT molecular complexity index is 840. The fourth-order valence-corrected chi connectivity index (χ4v) is 2.43. The summed E-state index contributed by atoms with van der Waals surface area (Å²) in [6.07, 6.45) is -4.36. The molecule has 0 amide bonds. The molecule has 0 saturated carbocycles. The van der Waals surface area contributed by atoms with Crippen LogP contribution in [0.2, 0.25) is 0 Å². The molecule has 0 radical (unpaired) electrons. The minimum absolute atomic E-state index is 0.347. The Morgan fingerprint density at radius 1 is 0.952 bits per heavy atom. The van der Waals surface area contributed by atoms with E-state index in [9.17, 15) is 13.2 Å². The molecule has 2 aromatic carbocycles. The molecule has 108 valence electrons. The fraction of sp³-hybridized carbons (Fsp3) is 0.188. The highest BCUT2D eigenvalue weighted by Crippen LogP contribution is 2.33. The van der Waals surface area contributed by atoms with Crippen molar-refractivity contribution in [2.24, 2.45) is 0 Å². The highest BCUT2D eigenvalue weighted by atomic mass is 19.4. The molecule has 0 N–H and O–H groups in total. The zero-order valence-corrected chi connectivity index (χ0v) is 11.5. The monoisotopic (exact) mass is 291 g/mol. The highest BCUT2D eigenvalue weighted by molar-refractivity contribution is 5.97. The Morgan fingerprint density at radius 3 is 2.38 bits per heavy atom. The molecule has 0 aliphatic heterocycles. The van der Waals surface area contributed by atoms with Crippen LogP contribution in [-0.2, 0) is 6.18 Å². The number of alkyl halides is 3. The van der Waals surface area contributed by atoms with Crippen molar-refractivity contribution in [2.75, 3.05) is 7.11 Å². The first kappa shape index (κ1) is 13.7. The Labute approximate surface area is 119 Å². The smallest absolute Gasteiger partial charge is 0.416 e. The van der Waals surface area contributed by atoms with Gasteiger partial charge in [0.15, 0.2) is 0 Å². The van der Waals surface area contributed by atoms with E-state index in [0.29, 0.717) is 22.2 Å². The molecule has 1 heterocycles. The van der Waals surface area contributed by atoms with Crippen LogP contribution in [0.4, 0.5) is 13.2 Å². The molecule has 3 rings (SSSR count). The molecule has 0 aliphatic carbocycles. The number of benzene rings is 2. The molecule has 0 unspecified atom stereocenters. The van der Waals surface area contributed by atoms with Gasteiger partial charge in [0.25, 0.3) is 0 Å². The van der Waals surface area contributed by atoms with Crippen LogP contribution >= 0.6 is 0 Å². The van der Waals surface area contributed by atoms with E-state index < -0.39 is 11.7 Å². The summed E-state index contributed by atoms with van der Waals surface area (Å²) in [5.41, 5.74) is 1.21. The zero-order valence-electron chi connectivity index (χ0n) is 11.5. The summed E-state index contributed by atoms with van der Waals surface area (Å²) in [4.78, 5) is 4.33. The molecule has 3 aromatic rings. The number of halogens is 3. The quantitative estimate of drug-likeness (QED) is 0.605. The first-order chi connectivity index (χ1) is 9.90. The molecule has 2 nitrogen and oxygen atoms in total. The van der Waals surface area contributed by atoms with Gasteiger partial charge in [-0.3, -0.25) is 0 Å². The molecule has 0 spiro atoms. The van der Waals surface area contributed by atoms with Gasteiger partial charge in [0, 0.05) is 10.8 Å². The average molecular weight is 291 g/mol. The number of nitrogens with zero attached hydrogens (tertiary/aromatic N) is 1. The Morgan fingerprint density at radius 2 is 1.71 bits per heavy atom. The topological polar surface area (TPSA) is 22.1 Å². The van der Waals surface area contributed by atoms with Gasteiger partial charge in [0.2, 0.25) is 0 Å². The van der Waals surface area contributed by atoms with Crippen molar-refractivity contribution >= 4 is 21.8 Å². The summed E-state index contributed by atoms with van der Waals surface area (Å²) in [5.74, 6) is 0.693. The number of ether oxygens (including phenoxy) is 1. The van der Waals surface area contributed by atoms with E-state index >= 15 is 0 Å². The SMILES string of the molecule is COc1ccc2nc3cc(C(F)(F)F)ccc3c(C)c2c1. The molecule has 1 aromatic heterocycles. The number of aryl methyl sites for hydroxylation is 1.